The van der Waals surface area contributed by atoms with Crippen LogP contribution < -0.4 is 16.0 Å². The molecular formula is C20H27ClN4O3. The Labute approximate surface area is 170 Å². The third kappa shape index (κ3) is 4.41. The lowest BCUT2D eigenvalue weighted by Gasteiger charge is -2.47. The summed E-state index contributed by atoms with van der Waals surface area (Å²) in [6, 6.07) is 4.02. The van der Waals surface area contributed by atoms with Crippen LogP contribution in [0.5, 0.6) is 0 Å². The van der Waals surface area contributed by atoms with Gasteiger partial charge in [-0.3, -0.25) is 9.59 Å². The molecule has 0 unspecified atom stereocenters. The number of piperazine rings is 1. The largest absolute Gasteiger partial charge is 0.349 e. The smallest absolute Gasteiger partial charge is 0.318 e. The first kappa shape index (κ1) is 20.5. The molecule has 4 amide bonds. The molecule has 1 heterocycles. The van der Waals surface area contributed by atoms with Crippen LogP contribution in [0.1, 0.15) is 44.6 Å². The van der Waals surface area contributed by atoms with Crippen molar-refractivity contribution in [1.29, 1.82) is 0 Å². The number of carbonyl (C=O) groups is 3. The van der Waals surface area contributed by atoms with Crippen molar-refractivity contribution in [1.82, 2.24) is 15.5 Å². The van der Waals surface area contributed by atoms with E-state index >= 15 is 0 Å². The summed E-state index contributed by atoms with van der Waals surface area (Å²) in [5.74, 6) is -0.602. The first-order chi connectivity index (χ1) is 13.4. The number of benzene rings is 1. The molecule has 1 aromatic rings. The summed E-state index contributed by atoms with van der Waals surface area (Å²) < 4.78 is 0. The van der Waals surface area contributed by atoms with Gasteiger partial charge in [-0.2, -0.15) is 0 Å². The van der Waals surface area contributed by atoms with E-state index < -0.39 is 6.04 Å². The summed E-state index contributed by atoms with van der Waals surface area (Å²) in [5.41, 5.74) is 1.48. The van der Waals surface area contributed by atoms with E-state index in [1.807, 2.05) is 19.9 Å². The Kier molecular flexibility index (Phi) is 6.44. The van der Waals surface area contributed by atoms with Crippen LogP contribution in [0, 0.1) is 6.92 Å². The van der Waals surface area contributed by atoms with Gasteiger partial charge in [0.1, 0.15) is 6.04 Å². The van der Waals surface area contributed by atoms with E-state index in [1.165, 1.54) is 0 Å². The molecule has 28 heavy (non-hydrogen) atoms. The van der Waals surface area contributed by atoms with Gasteiger partial charge in [0.25, 0.3) is 0 Å². The molecule has 0 aromatic heterocycles. The van der Waals surface area contributed by atoms with Crippen LogP contribution in [-0.2, 0) is 9.59 Å². The maximum absolute atomic E-state index is 12.7. The second-order valence-electron chi connectivity index (χ2n) is 7.44. The highest BCUT2D eigenvalue weighted by Gasteiger charge is 2.45. The third-order valence-electron chi connectivity index (χ3n) is 5.45. The minimum absolute atomic E-state index is 0.0425. The number of aryl methyl sites for hydroxylation is 1. The topological polar surface area (TPSA) is 90.5 Å². The minimum Gasteiger partial charge on any atom is -0.349 e. The van der Waals surface area contributed by atoms with Crippen LogP contribution in [0.25, 0.3) is 0 Å². The SMILES string of the molecule is CCNC(=O)N1[C@H](CC(=O)Nc2ccc(C)c(Cl)c2)C(=O)N[C@@H]2CCCC[C@@H]21. The molecular weight excluding hydrogens is 380 g/mol. The first-order valence-corrected chi connectivity index (χ1v) is 10.2. The lowest BCUT2D eigenvalue weighted by Crippen LogP contribution is -2.69. The monoisotopic (exact) mass is 406 g/mol. The Balaban J connectivity index is 1.76. The Hall–Kier alpha value is -2.28. The van der Waals surface area contributed by atoms with E-state index in [0.29, 0.717) is 17.3 Å². The van der Waals surface area contributed by atoms with Crippen LogP contribution in [0.4, 0.5) is 10.5 Å². The number of rotatable bonds is 4. The van der Waals surface area contributed by atoms with Gasteiger partial charge < -0.3 is 20.9 Å². The van der Waals surface area contributed by atoms with Gasteiger partial charge in [0.15, 0.2) is 0 Å². The van der Waals surface area contributed by atoms with Crippen molar-refractivity contribution in [2.24, 2.45) is 0 Å². The van der Waals surface area contributed by atoms with Crippen molar-refractivity contribution in [3.63, 3.8) is 0 Å². The summed E-state index contributed by atoms with van der Waals surface area (Å²) >= 11 is 6.11. The molecule has 7 nitrogen and oxygen atoms in total. The first-order valence-electron chi connectivity index (χ1n) is 9.83. The number of nitrogens with zero attached hydrogens (tertiary/aromatic N) is 1. The van der Waals surface area contributed by atoms with Crippen molar-refractivity contribution in [3.05, 3.63) is 28.8 Å². The molecule has 1 aromatic carbocycles. The van der Waals surface area contributed by atoms with Crippen LogP contribution in [0.3, 0.4) is 0 Å². The number of hydrogen-bond acceptors (Lipinski definition) is 3. The lowest BCUT2D eigenvalue weighted by atomic mass is 9.85. The van der Waals surface area contributed by atoms with Gasteiger partial charge in [-0.05, 0) is 44.4 Å². The zero-order chi connectivity index (χ0) is 20.3. The van der Waals surface area contributed by atoms with E-state index in [9.17, 15) is 14.4 Å². The maximum Gasteiger partial charge on any atom is 0.318 e. The summed E-state index contributed by atoms with van der Waals surface area (Å²) in [4.78, 5) is 39.6. The summed E-state index contributed by atoms with van der Waals surface area (Å²) in [6.07, 6.45) is 3.62. The van der Waals surface area contributed by atoms with Gasteiger partial charge in [-0.25, -0.2) is 4.79 Å². The number of urea groups is 1. The Bertz CT molecular complexity index is 770. The number of anilines is 1. The molecule has 0 bridgehead atoms. The van der Waals surface area contributed by atoms with Crippen molar-refractivity contribution >= 4 is 35.1 Å². The molecule has 2 fully saturated rings. The van der Waals surface area contributed by atoms with Crippen molar-refractivity contribution in [2.45, 2.75) is 64.1 Å². The molecule has 3 N–H and O–H groups in total. The van der Waals surface area contributed by atoms with E-state index in [2.05, 4.69) is 16.0 Å². The van der Waals surface area contributed by atoms with Gasteiger partial charge in [0, 0.05) is 23.3 Å². The Morgan fingerprint density at radius 1 is 1.29 bits per heavy atom. The van der Waals surface area contributed by atoms with Gasteiger partial charge in [-0.15, -0.1) is 0 Å². The fourth-order valence-electron chi connectivity index (χ4n) is 4.03. The molecule has 152 valence electrons. The van der Waals surface area contributed by atoms with Gasteiger partial charge in [0.2, 0.25) is 11.8 Å². The summed E-state index contributed by atoms with van der Waals surface area (Å²) in [7, 11) is 0. The fourth-order valence-corrected chi connectivity index (χ4v) is 4.21. The molecule has 0 radical (unpaired) electrons. The number of hydrogen-bond donors (Lipinski definition) is 3. The van der Waals surface area contributed by atoms with Gasteiger partial charge >= 0.3 is 6.03 Å². The normalized spacial score (nSPS) is 24.2. The Morgan fingerprint density at radius 3 is 2.75 bits per heavy atom. The van der Waals surface area contributed by atoms with Gasteiger partial charge in [0.05, 0.1) is 12.5 Å². The molecule has 1 aliphatic heterocycles. The van der Waals surface area contributed by atoms with Crippen molar-refractivity contribution in [2.75, 3.05) is 11.9 Å². The molecule has 0 spiro atoms. The predicted molar refractivity (Wildman–Crippen MR) is 108 cm³/mol. The highest BCUT2D eigenvalue weighted by molar-refractivity contribution is 6.31. The van der Waals surface area contributed by atoms with Gasteiger partial charge in [-0.1, -0.05) is 30.5 Å². The quantitative estimate of drug-likeness (QED) is 0.718. The highest BCUT2D eigenvalue weighted by Crippen LogP contribution is 2.30. The second-order valence-corrected chi connectivity index (χ2v) is 7.85. The molecule has 2 aliphatic rings. The summed E-state index contributed by atoms with van der Waals surface area (Å²) in [6.45, 7) is 4.18. The predicted octanol–water partition coefficient (Wildman–Crippen LogP) is 2.82. The van der Waals surface area contributed by atoms with Crippen molar-refractivity contribution in [3.8, 4) is 0 Å². The highest BCUT2D eigenvalue weighted by atomic mass is 35.5. The average Bonchev–Trinajstić information content (AvgIpc) is 2.65. The maximum atomic E-state index is 12.7. The van der Waals surface area contributed by atoms with Crippen LogP contribution in [-0.4, -0.2) is 47.4 Å². The molecule has 3 atom stereocenters. The van der Waals surface area contributed by atoms with E-state index in [-0.39, 0.29) is 36.3 Å². The Morgan fingerprint density at radius 2 is 2.04 bits per heavy atom. The number of fused-ring (bicyclic) bond motifs is 1. The zero-order valence-corrected chi connectivity index (χ0v) is 17.0. The van der Waals surface area contributed by atoms with Crippen LogP contribution >= 0.6 is 11.6 Å². The van der Waals surface area contributed by atoms with E-state index in [1.54, 1.807) is 17.0 Å². The molecule has 1 aliphatic carbocycles. The zero-order valence-electron chi connectivity index (χ0n) is 16.3. The van der Waals surface area contributed by atoms with Crippen molar-refractivity contribution < 1.29 is 14.4 Å². The number of halogens is 1. The number of nitrogens with one attached hydrogen (secondary N) is 3. The second kappa shape index (κ2) is 8.82. The molecule has 1 saturated heterocycles. The third-order valence-corrected chi connectivity index (χ3v) is 5.86. The van der Waals surface area contributed by atoms with E-state index in [0.717, 1.165) is 31.2 Å². The molecule has 1 saturated carbocycles. The summed E-state index contributed by atoms with van der Waals surface area (Å²) in [5, 5.41) is 9.15. The van der Waals surface area contributed by atoms with Crippen LogP contribution in [0.2, 0.25) is 5.02 Å². The lowest BCUT2D eigenvalue weighted by molar-refractivity contribution is -0.135. The van der Waals surface area contributed by atoms with E-state index in [4.69, 9.17) is 11.6 Å². The average molecular weight is 407 g/mol. The number of carbonyl (C=O) groups excluding carboxylic acids is 3. The fraction of sp³-hybridized carbons (Fsp3) is 0.550. The molecule has 8 heteroatoms. The van der Waals surface area contributed by atoms with Crippen LogP contribution in [0.15, 0.2) is 18.2 Å². The number of amides is 4. The molecule has 3 rings (SSSR count). The minimum atomic E-state index is -0.827. The standard InChI is InChI=1S/C20H27ClN4O3/c1-3-22-20(28)25-16-7-5-4-6-15(16)24-19(27)17(25)11-18(26)23-13-9-8-12(2)14(21)10-13/h8-10,15-17H,3-7,11H2,1-2H3,(H,22,28)(H,23,26)(H,24,27)/t15-,16+,17-/m1/s1.